The molecule has 0 radical (unpaired) electrons. The Bertz CT molecular complexity index is 928. The highest BCUT2D eigenvalue weighted by atomic mass is 35.5. The number of para-hydroxylation sites is 1. The average Bonchev–Trinajstić information content (AvgIpc) is 3.11. The van der Waals surface area contributed by atoms with Crippen molar-refractivity contribution >= 4 is 28.4 Å². The van der Waals surface area contributed by atoms with Crippen molar-refractivity contribution in [1.29, 1.82) is 0 Å². The predicted molar refractivity (Wildman–Crippen MR) is 110 cm³/mol. The van der Waals surface area contributed by atoms with Crippen LogP contribution < -0.4 is 5.32 Å². The number of aromatic nitrogens is 1. The lowest BCUT2D eigenvalue weighted by Crippen LogP contribution is -2.45. The molecule has 5 heteroatoms. The molecular formula is C22H24ClN3O. The van der Waals surface area contributed by atoms with Crippen LogP contribution in [0.1, 0.15) is 28.8 Å². The van der Waals surface area contributed by atoms with Crippen molar-refractivity contribution in [1.82, 2.24) is 15.2 Å². The van der Waals surface area contributed by atoms with Crippen LogP contribution in [-0.2, 0) is 6.42 Å². The van der Waals surface area contributed by atoms with Crippen LogP contribution in [0.5, 0.6) is 0 Å². The summed E-state index contributed by atoms with van der Waals surface area (Å²) in [4.78, 5) is 18.2. The third kappa shape index (κ3) is 4.18. The number of fused-ring (bicyclic) bond motifs is 1. The van der Waals surface area contributed by atoms with Crippen LogP contribution in [0.15, 0.2) is 54.7 Å². The molecular weight excluding hydrogens is 358 g/mol. The minimum absolute atomic E-state index is 0.0714. The summed E-state index contributed by atoms with van der Waals surface area (Å²) in [5.41, 5.74) is 3.13. The van der Waals surface area contributed by atoms with Crippen molar-refractivity contribution in [2.75, 3.05) is 19.6 Å². The Labute approximate surface area is 164 Å². The summed E-state index contributed by atoms with van der Waals surface area (Å²) >= 11 is 6.12. The van der Waals surface area contributed by atoms with Gasteiger partial charge >= 0.3 is 0 Å². The fraction of sp³-hybridized carbons (Fsp3) is 0.318. The van der Waals surface area contributed by atoms with Gasteiger partial charge in [0.25, 0.3) is 5.91 Å². The minimum atomic E-state index is -0.0714. The fourth-order valence-electron chi connectivity index (χ4n) is 3.83. The molecule has 0 bridgehead atoms. The van der Waals surface area contributed by atoms with E-state index in [-0.39, 0.29) is 11.9 Å². The van der Waals surface area contributed by atoms with Gasteiger partial charge in [-0.25, -0.2) is 0 Å². The Kier molecular flexibility index (Phi) is 5.46. The molecule has 4 rings (SSSR count). The van der Waals surface area contributed by atoms with Crippen LogP contribution in [0.3, 0.4) is 0 Å². The molecule has 0 atom stereocenters. The van der Waals surface area contributed by atoms with Gasteiger partial charge in [-0.2, -0.15) is 0 Å². The number of hydrogen-bond donors (Lipinski definition) is 2. The van der Waals surface area contributed by atoms with E-state index in [4.69, 9.17) is 11.6 Å². The van der Waals surface area contributed by atoms with E-state index in [1.165, 1.54) is 16.5 Å². The van der Waals surface area contributed by atoms with E-state index in [0.717, 1.165) is 38.9 Å². The average molecular weight is 382 g/mol. The van der Waals surface area contributed by atoms with Gasteiger partial charge in [0.15, 0.2) is 0 Å². The first kappa shape index (κ1) is 18.1. The first-order valence-electron chi connectivity index (χ1n) is 9.53. The van der Waals surface area contributed by atoms with E-state index in [0.29, 0.717) is 10.6 Å². The summed E-state index contributed by atoms with van der Waals surface area (Å²) < 4.78 is 0. The molecule has 2 N–H and O–H groups in total. The number of aromatic amines is 1. The van der Waals surface area contributed by atoms with Crippen LogP contribution in [0.25, 0.3) is 10.9 Å². The molecule has 0 unspecified atom stereocenters. The molecule has 1 aromatic heterocycles. The highest BCUT2D eigenvalue weighted by Gasteiger charge is 2.22. The second kappa shape index (κ2) is 8.15. The first-order chi connectivity index (χ1) is 13.2. The topological polar surface area (TPSA) is 48.1 Å². The van der Waals surface area contributed by atoms with E-state index in [1.807, 2.05) is 12.1 Å². The summed E-state index contributed by atoms with van der Waals surface area (Å²) in [6, 6.07) is 15.9. The standard InChI is InChI=1S/C22H24ClN3O/c23-20-7-3-1-6-19(20)22(27)25-17-10-13-26(14-11-17)12-9-16-15-24-21-8-4-2-5-18(16)21/h1-8,15,17,24H,9-14H2,(H,25,27). The van der Waals surface area contributed by atoms with Crippen LogP contribution in [0.4, 0.5) is 0 Å². The van der Waals surface area contributed by atoms with Crippen molar-refractivity contribution in [3.8, 4) is 0 Å². The quantitative estimate of drug-likeness (QED) is 0.693. The fourth-order valence-corrected chi connectivity index (χ4v) is 4.05. The normalized spacial score (nSPS) is 15.9. The van der Waals surface area contributed by atoms with E-state index in [1.54, 1.807) is 12.1 Å². The molecule has 0 saturated carbocycles. The Morgan fingerprint density at radius 1 is 1.11 bits per heavy atom. The van der Waals surface area contributed by atoms with Gasteiger partial charge in [-0.05, 0) is 43.0 Å². The number of benzene rings is 2. The van der Waals surface area contributed by atoms with Crippen molar-refractivity contribution in [2.45, 2.75) is 25.3 Å². The SMILES string of the molecule is O=C(NC1CCN(CCc2c[nH]c3ccccc23)CC1)c1ccccc1Cl. The highest BCUT2D eigenvalue weighted by Crippen LogP contribution is 2.20. The van der Waals surface area contributed by atoms with E-state index >= 15 is 0 Å². The number of amides is 1. The molecule has 1 fully saturated rings. The number of piperidine rings is 1. The number of rotatable bonds is 5. The summed E-state index contributed by atoms with van der Waals surface area (Å²) in [5, 5.41) is 4.96. The summed E-state index contributed by atoms with van der Waals surface area (Å²) in [7, 11) is 0. The maximum atomic E-state index is 12.4. The largest absolute Gasteiger partial charge is 0.361 e. The van der Waals surface area contributed by atoms with Gasteiger partial charge in [-0.15, -0.1) is 0 Å². The molecule has 3 aromatic rings. The van der Waals surface area contributed by atoms with Gasteiger partial charge in [0.2, 0.25) is 0 Å². The predicted octanol–water partition coefficient (Wildman–Crippen LogP) is 4.26. The lowest BCUT2D eigenvalue weighted by Gasteiger charge is -2.32. The second-order valence-electron chi connectivity index (χ2n) is 7.18. The Balaban J connectivity index is 1.27. The number of halogens is 1. The van der Waals surface area contributed by atoms with Crippen LogP contribution in [0, 0.1) is 0 Å². The zero-order chi connectivity index (χ0) is 18.6. The highest BCUT2D eigenvalue weighted by molar-refractivity contribution is 6.33. The molecule has 27 heavy (non-hydrogen) atoms. The van der Waals surface area contributed by atoms with Crippen LogP contribution in [-0.4, -0.2) is 41.5 Å². The third-order valence-corrected chi connectivity index (χ3v) is 5.74. The number of nitrogens with zero attached hydrogens (tertiary/aromatic N) is 1. The lowest BCUT2D eigenvalue weighted by molar-refractivity contribution is 0.0911. The Morgan fingerprint density at radius 3 is 2.67 bits per heavy atom. The molecule has 1 aliphatic heterocycles. The van der Waals surface area contributed by atoms with Gasteiger partial charge in [0.1, 0.15) is 0 Å². The zero-order valence-electron chi connectivity index (χ0n) is 15.2. The van der Waals surface area contributed by atoms with Gasteiger partial charge in [0, 0.05) is 42.8 Å². The van der Waals surface area contributed by atoms with E-state index in [2.05, 4.69) is 45.7 Å². The van der Waals surface area contributed by atoms with Crippen LogP contribution in [0.2, 0.25) is 5.02 Å². The molecule has 0 aliphatic carbocycles. The monoisotopic (exact) mass is 381 g/mol. The summed E-state index contributed by atoms with van der Waals surface area (Å²) in [6.07, 6.45) is 5.12. The van der Waals surface area contributed by atoms with Gasteiger partial charge in [0.05, 0.1) is 10.6 Å². The Morgan fingerprint density at radius 2 is 1.85 bits per heavy atom. The molecule has 4 nitrogen and oxygen atoms in total. The number of H-pyrrole nitrogens is 1. The first-order valence-corrected chi connectivity index (χ1v) is 9.91. The van der Waals surface area contributed by atoms with Gasteiger partial charge < -0.3 is 15.2 Å². The number of likely N-dealkylation sites (tertiary alicyclic amines) is 1. The number of carbonyl (C=O) groups excluding carboxylic acids is 1. The molecule has 2 heterocycles. The van der Waals surface area contributed by atoms with E-state index in [9.17, 15) is 4.79 Å². The number of hydrogen-bond acceptors (Lipinski definition) is 2. The molecule has 1 aliphatic rings. The summed E-state index contributed by atoms with van der Waals surface area (Å²) in [5.74, 6) is -0.0714. The van der Waals surface area contributed by atoms with Crippen molar-refractivity contribution in [3.05, 3.63) is 70.9 Å². The smallest absolute Gasteiger partial charge is 0.253 e. The molecule has 1 amide bonds. The molecule has 140 valence electrons. The van der Waals surface area contributed by atoms with Crippen molar-refractivity contribution in [3.63, 3.8) is 0 Å². The number of carbonyl (C=O) groups is 1. The lowest BCUT2D eigenvalue weighted by atomic mass is 10.0. The van der Waals surface area contributed by atoms with Crippen LogP contribution >= 0.6 is 11.6 Å². The minimum Gasteiger partial charge on any atom is -0.361 e. The van der Waals surface area contributed by atoms with Gasteiger partial charge in [-0.1, -0.05) is 41.9 Å². The molecule has 0 spiro atoms. The Hall–Kier alpha value is -2.30. The van der Waals surface area contributed by atoms with Crippen molar-refractivity contribution in [2.24, 2.45) is 0 Å². The van der Waals surface area contributed by atoms with E-state index < -0.39 is 0 Å². The van der Waals surface area contributed by atoms with Crippen molar-refractivity contribution < 1.29 is 4.79 Å². The summed E-state index contributed by atoms with van der Waals surface area (Å²) in [6.45, 7) is 3.07. The second-order valence-corrected chi connectivity index (χ2v) is 7.59. The van der Waals surface area contributed by atoms with Gasteiger partial charge in [-0.3, -0.25) is 4.79 Å². The maximum Gasteiger partial charge on any atom is 0.253 e. The molecule has 2 aromatic carbocycles. The maximum absolute atomic E-state index is 12.4. The zero-order valence-corrected chi connectivity index (χ0v) is 16.0. The number of nitrogens with one attached hydrogen (secondary N) is 2. The molecule has 1 saturated heterocycles. The third-order valence-electron chi connectivity index (χ3n) is 5.41.